The molecule has 2 atom stereocenters. The molecule has 0 aliphatic heterocycles. The summed E-state index contributed by atoms with van der Waals surface area (Å²) in [7, 11) is 0. The minimum Gasteiger partial charge on any atom is -0.326 e. The molecule has 0 bridgehead atoms. The lowest BCUT2D eigenvalue weighted by Gasteiger charge is -2.12. The van der Waals surface area contributed by atoms with Gasteiger partial charge in [-0.05, 0) is 66.1 Å². The van der Waals surface area contributed by atoms with Crippen molar-refractivity contribution >= 4 is 87.0 Å². The standard InChI is InChI=1S/C27H18Cl5F3N2O3/c1-12-8-15(37-25(40)27(33,34)35)4-2-13(12)10-21(38)17-11-16(5-7-18(17)28)36-24(39)23-22(26(23,31)32)14-3-6-19(29)20(30)9-14/h2-9,11,22-23H,10H2,1H3,(H,36,39)(H,37,40). The van der Waals surface area contributed by atoms with Crippen molar-refractivity contribution in [1.29, 1.82) is 0 Å². The van der Waals surface area contributed by atoms with Gasteiger partial charge in [0.25, 0.3) is 0 Å². The summed E-state index contributed by atoms with van der Waals surface area (Å²) >= 11 is 31.1. The van der Waals surface area contributed by atoms with E-state index in [4.69, 9.17) is 58.0 Å². The number of amides is 2. The van der Waals surface area contributed by atoms with E-state index in [-0.39, 0.29) is 28.4 Å². The molecule has 5 nitrogen and oxygen atoms in total. The van der Waals surface area contributed by atoms with Crippen LogP contribution >= 0.6 is 58.0 Å². The molecular weight excluding hydrogens is 635 g/mol. The second-order valence-electron chi connectivity index (χ2n) is 9.18. The fourth-order valence-corrected chi connectivity index (χ4v) is 5.61. The molecular formula is C27H18Cl5F3N2O3. The summed E-state index contributed by atoms with van der Waals surface area (Å²) in [6, 6.07) is 13.3. The van der Waals surface area contributed by atoms with Gasteiger partial charge in [0.15, 0.2) is 5.78 Å². The number of nitrogens with one attached hydrogen (secondary N) is 2. The van der Waals surface area contributed by atoms with Crippen molar-refractivity contribution < 1.29 is 27.6 Å². The third-order valence-electron chi connectivity index (χ3n) is 6.38. The fourth-order valence-electron chi connectivity index (χ4n) is 4.25. The highest BCUT2D eigenvalue weighted by molar-refractivity contribution is 6.53. The Hall–Kier alpha value is -2.49. The van der Waals surface area contributed by atoms with Crippen molar-refractivity contribution in [1.82, 2.24) is 0 Å². The maximum Gasteiger partial charge on any atom is 0.471 e. The zero-order valence-corrected chi connectivity index (χ0v) is 24.1. The monoisotopic (exact) mass is 650 g/mol. The highest BCUT2D eigenvalue weighted by Crippen LogP contribution is 2.65. The van der Waals surface area contributed by atoms with Crippen LogP contribution in [0.15, 0.2) is 54.6 Å². The van der Waals surface area contributed by atoms with Crippen LogP contribution in [0, 0.1) is 12.8 Å². The first kappa shape index (κ1) is 30.5. The third-order valence-corrected chi connectivity index (χ3v) is 8.39. The molecule has 1 aliphatic rings. The van der Waals surface area contributed by atoms with Crippen LogP contribution in [0.1, 0.15) is 33.0 Å². The van der Waals surface area contributed by atoms with E-state index in [9.17, 15) is 27.6 Å². The smallest absolute Gasteiger partial charge is 0.326 e. The Morgan fingerprint density at radius 2 is 1.48 bits per heavy atom. The Morgan fingerprint density at radius 3 is 2.10 bits per heavy atom. The average molecular weight is 653 g/mol. The molecule has 2 unspecified atom stereocenters. The predicted octanol–water partition coefficient (Wildman–Crippen LogP) is 8.41. The molecule has 0 radical (unpaired) electrons. The first-order valence-corrected chi connectivity index (χ1v) is 13.4. The number of aryl methyl sites for hydroxylation is 1. The normalized spacial score (nSPS) is 17.7. The van der Waals surface area contributed by atoms with E-state index >= 15 is 0 Å². The number of hydrogen-bond donors (Lipinski definition) is 2. The van der Waals surface area contributed by atoms with Crippen LogP contribution in [0.3, 0.4) is 0 Å². The summed E-state index contributed by atoms with van der Waals surface area (Å²) in [6.45, 7) is 1.59. The molecule has 1 fully saturated rings. The quantitative estimate of drug-likeness (QED) is 0.199. The maximum absolute atomic E-state index is 13.1. The van der Waals surface area contributed by atoms with Crippen molar-refractivity contribution in [3.63, 3.8) is 0 Å². The number of alkyl halides is 5. The molecule has 2 N–H and O–H groups in total. The molecule has 0 heterocycles. The van der Waals surface area contributed by atoms with E-state index in [0.29, 0.717) is 26.7 Å². The van der Waals surface area contributed by atoms with Crippen LogP contribution in [-0.4, -0.2) is 28.1 Å². The number of hydrogen-bond acceptors (Lipinski definition) is 3. The number of carbonyl (C=O) groups is 3. The Balaban J connectivity index is 1.46. The van der Waals surface area contributed by atoms with Gasteiger partial charge in [-0.25, -0.2) is 0 Å². The maximum atomic E-state index is 13.1. The molecule has 0 spiro atoms. The molecule has 1 saturated carbocycles. The topological polar surface area (TPSA) is 75.3 Å². The van der Waals surface area contributed by atoms with E-state index in [0.717, 1.165) is 0 Å². The van der Waals surface area contributed by atoms with Crippen LogP contribution in [0.5, 0.6) is 0 Å². The van der Waals surface area contributed by atoms with Gasteiger partial charge in [-0.3, -0.25) is 14.4 Å². The summed E-state index contributed by atoms with van der Waals surface area (Å²) in [5.41, 5.74) is 1.98. The minimum atomic E-state index is -5.03. The second kappa shape index (κ2) is 11.4. The number of halogens is 8. The number of ketones is 1. The van der Waals surface area contributed by atoms with Gasteiger partial charge in [-0.15, -0.1) is 23.2 Å². The van der Waals surface area contributed by atoms with Gasteiger partial charge in [0.2, 0.25) is 5.91 Å². The lowest BCUT2D eigenvalue weighted by molar-refractivity contribution is -0.167. The zero-order chi connectivity index (χ0) is 29.6. The fraction of sp³-hybridized carbons (Fsp3) is 0.222. The number of anilines is 2. The SMILES string of the molecule is Cc1cc(NC(=O)C(F)(F)F)ccc1CC(=O)c1cc(NC(=O)C2C(c3ccc(Cl)c(Cl)c3)C2(Cl)Cl)ccc1Cl. The van der Waals surface area contributed by atoms with Gasteiger partial charge < -0.3 is 10.6 Å². The first-order valence-electron chi connectivity index (χ1n) is 11.5. The Bertz CT molecular complexity index is 1530. The van der Waals surface area contributed by atoms with Crippen molar-refractivity contribution in [2.75, 3.05) is 10.6 Å². The van der Waals surface area contributed by atoms with Crippen molar-refractivity contribution in [3.8, 4) is 0 Å². The molecule has 210 valence electrons. The van der Waals surface area contributed by atoms with Gasteiger partial charge in [0.05, 0.1) is 21.0 Å². The van der Waals surface area contributed by atoms with Gasteiger partial charge >= 0.3 is 12.1 Å². The van der Waals surface area contributed by atoms with E-state index in [1.165, 1.54) is 36.4 Å². The summed E-state index contributed by atoms with van der Waals surface area (Å²) < 4.78 is 36.2. The number of carbonyl (C=O) groups excluding carboxylic acids is 3. The van der Waals surface area contributed by atoms with Crippen LogP contribution < -0.4 is 10.6 Å². The Kier molecular flexibility index (Phi) is 8.69. The third kappa shape index (κ3) is 6.52. The molecule has 3 aromatic rings. The van der Waals surface area contributed by atoms with E-state index in [2.05, 4.69) is 5.32 Å². The number of rotatable bonds is 7. The first-order chi connectivity index (χ1) is 18.6. The van der Waals surface area contributed by atoms with Crippen LogP contribution in [0.25, 0.3) is 0 Å². The van der Waals surface area contributed by atoms with Crippen molar-refractivity contribution in [3.05, 3.63) is 91.9 Å². The van der Waals surface area contributed by atoms with E-state index < -0.39 is 39.9 Å². The number of benzene rings is 3. The summed E-state index contributed by atoms with van der Waals surface area (Å²) in [6.07, 6.45) is -5.16. The van der Waals surface area contributed by atoms with Crippen molar-refractivity contribution in [2.45, 2.75) is 29.8 Å². The minimum absolute atomic E-state index is 0.0623. The molecule has 13 heteroatoms. The summed E-state index contributed by atoms with van der Waals surface area (Å²) in [4.78, 5) is 37.3. The van der Waals surface area contributed by atoms with Crippen molar-refractivity contribution in [2.24, 2.45) is 5.92 Å². The zero-order valence-electron chi connectivity index (χ0n) is 20.3. The highest BCUT2D eigenvalue weighted by Gasteiger charge is 2.67. The van der Waals surface area contributed by atoms with Gasteiger partial charge in [0, 0.05) is 29.3 Å². The van der Waals surface area contributed by atoms with Gasteiger partial charge in [-0.1, -0.05) is 46.9 Å². The second-order valence-corrected chi connectivity index (χ2v) is 11.8. The molecule has 40 heavy (non-hydrogen) atoms. The highest BCUT2D eigenvalue weighted by atomic mass is 35.5. The molecule has 2 amide bonds. The summed E-state index contributed by atoms with van der Waals surface area (Å²) in [5, 5.41) is 5.26. The average Bonchev–Trinajstić information content (AvgIpc) is 3.44. The molecule has 3 aromatic carbocycles. The summed E-state index contributed by atoms with van der Waals surface area (Å²) in [5.74, 6) is -4.32. The largest absolute Gasteiger partial charge is 0.471 e. The van der Waals surface area contributed by atoms with Gasteiger partial charge in [0.1, 0.15) is 4.33 Å². The van der Waals surface area contributed by atoms with Crippen LogP contribution in [0.4, 0.5) is 24.5 Å². The van der Waals surface area contributed by atoms with E-state index in [1.807, 2.05) is 0 Å². The van der Waals surface area contributed by atoms with E-state index in [1.54, 1.807) is 30.4 Å². The van der Waals surface area contributed by atoms with Crippen LogP contribution in [-0.2, 0) is 16.0 Å². The molecule has 0 aromatic heterocycles. The number of Topliss-reactive ketones (excluding diaryl/α,β-unsaturated/α-hetero) is 1. The Labute approximate surface area is 251 Å². The molecule has 0 saturated heterocycles. The lowest BCUT2D eigenvalue weighted by atomic mass is 9.98. The molecule has 1 aliphatic carbocycles. The predicted molar refractivity (Wildman–Crippen MR) is 151 cm³/mol. The molecule has 4 rings (SSSR count). The Morgan fingerprint density at radius 1 is 0.850 bits per heavy atom. The van der Waals surface area contributed by atoms with Crippen LogP contribution in [0.2, 0.25) is 15.1 Å². The lowest BCUT2D eigenvalue weighted by Crippen LogP contribution is -2.29. The van der Waals surface area contributed by atoms with Gasteiger partial charge in [-0.2, -0.15) is 13.2 Å².